The molecule has 1 aliphatic rings. The zero-order chi connectivity index (χ0) is 25.4. The number of carbonyl (C=O) groups excluding carboxylic acids is 1. The Labute approximate surface area is 209 Å². The number of hydrogen-bond acceptors (Lipinski definition) is 6. The van der Waals surface area contributed by atoms with Gasteiger partial charge in [0.05, 0.1) is 24.3 Å². The van der Waals surface area contributed by atoms with Gasteiger partial charge in [0.15, 0.2) is 0 Å². The zero-order valence-corrected chi connectivity index (χ0v) is 20.7. The molecule has 2 aromatic heterocycles. The predicted octanol–water partition coefficient (Wildman–Crippen LogP) is 4.88. The molecule has 1 saturated heterocycles. The molecule has 0 radical (unpaired) electrons. The number of rotatable bonds is 6. The van der Waals surface area contributed by atoms with E-state index >= 15 is 0 Å². The van der Waals surface area contributed by atoms with Crippen LogP contribution < -0.4 is 15.8 Å². The van der Waals surface area contributed by atoms with Crippen molar-refractivity contribution < 1.29 is 14.3 Å². The topological polar surface area (TPSA) is 104 Å². The summed E-state index contributed by atoms with van der Waals surface area (Å²) in [6, 6.07) is 13.8. The summed E-state index contributed by atoms with van der Waals surface area (Å²) < 4.78 is 13.6. The third kappa shape index (κ3) is 4.31. The van der Waals surface area contributed by atoms with Gasteiger partial charge in [-0.3, -0.25) is 4.79 Å². The van der Waals surface area contributed by atoms with Crippen LogP contribution in [-0.4, -0.2) is 39.8 Å². The van der Waals surface area contributed by atoms with E-state index < -0.39 is 0 Å². The number of nitrogens with two attached hydrogens (primary N) is 1. The molecule has 0 spiro atoms. The average Bonchev–Trinajstić information content (AvgIpc) is 3.48. The Balaban J connectivity index is 1.60. The molecule has 0 bridgehead atoms. The number of aromatic nitrogens is 3. The molecule has 8 nitrogen and oxygen atoms in total. The maximum absolute atomic E-state index is 12.0. The quantitative estimate of drug-likeness (QED) is 0.379. The minimum atomic E-state index is -0.210. The van der Waals surface area contributed by atoms with Gasteiger partial charge in [-0.2, -0.15) is 0 Å². The van der Waals surface area contributed by atoms with Crippen molar-refractivity contribution in [2.24, 2.45) is 7.05 Å². The van der Waals surface area contributed by atoms with Gasteiger partial charge < -0.3 is 25.1 Å². The molecular weight excluding hydrogens is 454 g/mol. The molecule has 5 rings (SSSR count). The molecule has 184 valence electrons. The highest BCUT2D eigenvalue weighted by Crippen LogP contribution is 2.42. The molecule has 2 aromatic carbocycles. The van der Waals surface area contributed by atoms with Gasteiger partial charge in [-0.05, 0) is 54.8 Å². The van der Waals surface area contributed by atoms with Crippen LogP contribution in [0.3, 0.4) is 0 Å². The summed E-state index contributed by atoms with van der Waals surface area (Å²) in [4.78, 5) is 20.8. The highest BCUT2D eigenvalue weighted by molar-refractivity contribution is 6.08. The first-order valence-electron chi connectivity index (χ1n) is 11.8. The van der Waals surface area contributed by atoms with Crippen LogP contribution >= 0.6 is 0 Å². The number of nitrogens with one attached hydrogen (secondary N) is 1. The fourth-order valence-electron chi connectivity index (χ4n) is 4.57. The lowest BCUT2D eigenvalue weighted by Gasteiger charge is -2.16. The number of nitrogens with zero attached hydrogens (tertiary/aromatic N) is 3. The Bertz CT molecular complexity index is 1470. The molecule has 0 saturated carbocycles. The van der Waals surface area contributed by atoms with E-state index in [0.717, 1.165) is 57.8 Å². The molecular formula is C28H29N5O3. The SMILES string of the molecule is C=C(C)C(=O)Nc1ccc(-c2c(-c3ccc(OC4CCOC4)c(C)c3)c3c(N)ncnc3n2C)cc1. The summed E-state index contributed by atoms with van der Waals surface area (Å²) in [6.45, 7) is 8.76. The van der Waals surface area contributed by atoms with Crippen LogP contribution in [0, 0.1) is 6.92 Å². The van der Waals surface area contributed by atoms with E-state index in [9.17, 15) is 4.79 Å². The summed E-state index contributed by atoms with van der Waals surface area (Å²) in [5, 5.41) is 3.65. The van der Waals surface area contributed by atoms with Gasteiger partial charge in [0.1, 0.15) is 29.6 Å². The monoisotopic (exact) mass is 483 g/mol. The highest BCUT2D eigenvalue weighted by Gasteiger charge is 2.23. The van der Waals surface area contributed by atoms with Crippen molar-refractivity contribution in [3.63, 3.8) is 0 Å². The second-order valence-electron chi connectivity index (χ2n) is 9.14. The highest BCUT2D eigenvalue weighted by atomic mass is 16.5. The fourth-order valence-corrected chi connectivity index (χ4v) is 4.57. The van der Waals surface area contributed by atoms with E-state index in [0.29, 0.717) is 23.7 Å². The molecule has 0 aliphatic carbocycles. The molecule has 3 heterocycles. The second kappa shape index (κ2) is 9.47. The zero-order valence-electron chi connectivity index (χ0n) is 20.7. The molecule has 1 unspecified atom stereocenters. The molecule has 36 heavy (non-hydrogen) atoms. The van der Waals surface area contributed by atoms with Crippen LogP contribution in [0.25, 0.3) is 33.4 Å². The van der Waals surface area contributed by atoms with E-state index in [2.05, 4.69) is 27.9 Å². The predicted molar refractivity (Wildman–Crippen MR) is 142 cm³/mol. The number of aryl methyl sites for hydroxylation is 2. The number of hydrogen-bond donors (Lipinski definition) is 2. The Hall–Kier alpha value is -4.17. The van der Waals surface area contributed by atoms with Gasteiger partial charge >= 0.3 is 0 Å². The third-order valence-corrected chi connectivity index (χ3v) is 6.45. The Kier molecular flexibility index (Phi) is 6.20. The summed E-state index contributed by atoms with van der Waals surface area (Å²) >= 11 is 0. The Morgan fingerprint density at radius 3 is 2.61 bits per heavy atom. The van der Waals surface area contributed by atoms with Crippen LogP contribution in [0.15, 0.2) is 60.9 Å². The number of benzene rings is 2. The van der Waals surface area contributed by atoms with Crippen LogP contribution in [0.2, 0.25) is 0 Å². The van der Waals surface area contributed by atoms with Crippen molar-refractivity contribution in [3.05, 3.63) is 66.5 Å². The van der Waals surface area contributed by atoms with E-state index in [1.54, 1.807) is 6.92 Å². The van der Waals surface area contributed by atoms with Crippen LogP contribution in [0.4, 0.5) is 11.5 Å². The number of anilines is 2. The normalized spacial score (nSPS) is 15.2. The average molecular weight is 484 g/mol. The van der Waals surface area contributed by atoms with E-state index in [4.69, 9.17) is 15.2 Å². The first kappa shape index (κ1) is 23.6. The minimum Gasteiger partial charge on any atom is -0.488 e. The molecule has 8 heteroatoms. The van der Waals surface area contributed by atoms with Gasteiger partial charge in [0, 0.05) is 30.3 Å². The van der Waals surface area contributed by atoms with Gasteiger partial charge in [-0.25, -0.2) is 9.97 Å². The van der Waals surface area contributed by atoms with Crippen molar-refractivity contribution in [2.75, 3.05) is 24.3 Å². The molecule has 1 amide bonds. The second-order valence-corrected chi connectivity index (χ2v) is 9.14. The summed E-state index contributed by atoms with van der Waals surface area (Å²) in [5.74, 6) is 1.05. The van der Waals surface area contributed by atoms with Gasteiger partial charge in [0.2, 0.25) is 0 Å². The largest absolute Gasteiger partial charge is 0.488 e. The number of amides is 1. The molecule has 1 aliphatic heterocycles. The lowest BCUT2D eigenvalue weighted by Crippen LogP contribution is -2.16. The van der Waals surface area contributed by atoms with E-state index in [1.165, 1.54) is 6.33 Å². The summed E-state index contributed by atoms with van der Waals surface area (Å²) in [7, 11) is 1.97. The summed E-state index contributed by atoms with van der Waals surface area (Å²) in [5.41, 5.74) is 13.1. The minimum absolute atomic E-state index is 0.0793. The summed E-state index contributed by atoms with van der Waals surface area (Å²) in [6.07, 6.45) is 2.45. The Morgan fingerprint density at radius 2 is 1.94 bits per heavy atom. The fraction of sp³-hybridized carbons (Fsp3) is 0.250. The van der Waals surface area contributed by atoms with E-state index in [1.807, 2.05) is 54.9 Å². The smallest absolute Gasteiger partial charge is 0.250 e. The molecule has 1 fully saturated rings. The van der Waals surface area contributed by atoms with Gasteiger partial charge in [0.25, 0.3) is 5.91 Å². The van der Waals surface area contributed by atoms with Crippen molar-refractivity contribution in [3.8, 4) is 28.1 Å². The van der Waals surface area contributed by atoms with Gasteiger partial charge in [-0.1, -0.05) is 24.8 Å². The van der Waals surface area contributed by atoms with Crippen molar-refractivity contribution in [1.29, 1.82) is 0 Å². The van der Waals surface area contributed by atoms with E-state index in [-0.39, 0.29) is 12.0 Å². The van der Waals surface area contributed by atoms with Crippen LogP contribution in [0.1, 0.15) is 18.9 Å². The molecule has 1 atom stereocenters. The number of ether oxygens (including phenoxy) is 2. The maximum atomic E-state index is 12.0. The Morgan fingerprint density at radius 1 is 1.19 bits per heavy atom. The number of fused-ring (bicyclic) bond motifs is 1. The molecule has 4 aromatic rings. The maximum Gasteiger partial charge on any atom is 0.250 e. The standard InChI is InChI=1S/C28H29N5O3/c1-16(2)28(34)32-20-8-5-18(6-9-20)25-23(24-26(29)30-15-31-27(24)33(25)4)19-7-10-22(17(3)13-19)36-21-11-12-35-14-21/h5-10,13,15,21H,1,11-12,14H2,2-4H3,(H,32,34)(H2,29,30,31). The number of carbonyl (C=O) groups is 1. The number of nitrogen functional groups attached to an aromatic ring is 1. The van der Waals surface area contributed by atoms with Crippen molar-refractivity contribution in [1.82, 2.24) is 14.5 Å². The van der Waals surface area contributed by atoms with Gasteiger partial charge in [-0.15, -0.1) is 0 Å². The lowest BCUT2D eigenvalue weighted by molar-refractivity contribution is -0.112. The van der Waals surface area contributed by atoms with Crippen LogP contribution in [-0.2, 0) is 16.6 Å². The van der Waals surface area contributed by atoms with Crippen molar-refractivity contribution >= 4 is 28.4 Å². The lowest BCUT2D eigenvalue weighted by atomic mass is 9.97. The first-order chi connectivity index (χ1) is 17.3. The third-order valence-electron chi connectivity index (χ3n) is 6.45. The first-order valence-corrected chi connectivity index (χ1v) is 11.8. The molecule has 3 N–H and O–H groups in total. The van der Waals surface area contributed by atoms with Crippen LogP contribution in [0.5, 0.6) is 5.75 Å². The van der Waals surface area contributed by atoms with Crippen molar-refractivity contribution in [2.45, 2.75) is 26.4 Å².